The summed E-state index contributed by atoms with van der Waals surface area (Å²) in [5, 5.41) is 2.21. The lowest BCUT2D eigenvalue weighted by Gasteiger charge is -2.33. The van der Waals surface area contributed by atoms with Crippen molar-refractivity contribution >= 4 is 29.3 Å². The number of hydrogen-bond donors (Lipinski definition) is 2. The summed E-state index contributed by atoms with van der Waals surface area (Å²) >= 11 is 0. The van der Waals surface area contributed by atoms with Crippen molar-refractivity contribution in [3.8, 4) is 0 Å². The lowest BCUT2D eigenvalue weighted by Crippen LogP contribution is -2.54. The highest BCUT2D eigenvalue weighted by Crippen LogP contribution is 2.35. The Morgan fingerprint density at radius 1 is 1.08 bits per heavy atom. The zero-order valence-corrected chi connectivity index (χ0v) is 14.2. The van der Waals surface area contributed by atoms with Crippen LogP contribution in [-0.2, 0) is 9.59 Å². The lowest BCUT2D eigenvalue weighted by atomic mass is 10.0. The van der Waals surface area contributed by atoms with E-state index in [0.29, 0.717) is 23.4 Å². The molecule has 0 radical (unpaired) electrons. The van der Waals surface area contributed by atoms with Crippen molar-refractivity contribution in [2.45, 2.75) is 37.8 Å². The van der Waals surface area contributed by atoms with Crippen molar-refractivity contribution in [1.29, 1.82) is 0 Å². The first kappa shape index (κ1) is 16.7. The highest BCUT2D eigenvalue weighted by atomic mass is 16.2. The molecule has 2 atom stereocenters. The average molecular weight is 356 g/mol. The Morgan fingerprint density at radius 3 is 2.62 bits per heavy atom. The number of nitrogens with two attached hydrogens (primary N) is 1. The molecule has 0 saturated carbocycles. The highest BCUT2D eigenvalue weighted by Gasteiger charge is 2.46. The van der Waals surface area contributed by atoms with Gasteiger partial charge in [0.05, 0.1) is 16.8 Å². The molecule has 0 aliphatic carbocycles. The van der Waals surface area contributed by atoms with Gasteiger partial charge in [0.1, 0.15) is 6.04 Å². The molecule has 1 aromatic rings. The second kappa shape index (κ2) is 6.21. The molecule has 3 aliphatic heterocycles. The number of rotatable bonds is 2. The van der Waals surface area contributed by atoms with Crippen LogP contribution in [0.1, 0.15) is 46.4 Å². The van der Waals surface area contributed by atoms with Gasteiger partial charge in [-0.25, -0.2) is 0 Å². The van der Waals surface area contributed by atoms with Crippen LogP contribution in [-0.4, -0.2) is 53.7 Å². The Kier molecular flexibility index (Phi) is 3.99. The third-order valence-electron chi connectivity index (χ3n) is 5.24. The zero-order valence-electron chi connectivity index (χ0n) is 14.2. The molecule has 1 aromatic carbocycles. The number of amides is 4. The number of fused-ring (bicyclic) bond motifs is 1. The van der Waals surface area contributed by atoms with Crippen molar-refractivity contribution in [2.24, 2.45) is 5.73 Å². The van der Waals surface area contributed by atoms with Crippen LogP contribution in [0.2, 0.25) is 0 Å². The van der Waals surface area contributed by atoms with E-state index in [1.54, 1.807) is 12.1 Å². The van der Waals surface area contributed by atoms with Crippen LogP contribution < -0.4 is 16.0 Å². The van der Waals surface area contributed by atoms with E-state index >= 15 is 0 Å². The van der Waals surface area contributed by atoms with Gasteiger partial charge in [-0.15, -0.1) is 0 Å². The number of carbonyl (C=O) groups excluding carboxylic acids is 4. The van der Waals surface area contributed by atoms with E-state index in [4.69, 9.17) is 5.73 Å². The van der Waals surface area contributed by atoms with E-state index in [9.17, 15) is 19.2 Å². The number of benzene rings is 1. The number of nitrogens with one attached hydrogen (secondary N) is 1. The SMILES string of the molecule is N[C@H]1CCCN(c2cccc3c2C(=O)N(C2CCC(=O)NC2=O)C3=O)C1. The quantitative estimate of drug-likeness (QED) is 0.722. The summed E-state index contributed by atoms with van der Waals surface area (Å²) in [5.41, 5.74) is 7.37. The van der Waals surface area contributed by atoms with Crippen LogP contribution in [0.5, 0.6) is 0 Å². The Labute approximate surface area is 150 Å². The van der Waals surface area contributed by atoms with Crippen LogP contribution in [0, 0.1) is 0 Å². The van der Waals surface area contributed by atoms with Crippen LogP contribution in [0.3, 0.4) is 0 Å². The van der Waals surface area contributed by atoms with Gasteiger partial charge >= 0.3 is 0 Å². The number of hydrogen-bond acceptors (Lipinski definition) is 6. The first-order valence-corrected chi connectivity index (χ1v) is 8.82. The molecule has 3 heterocycles. The van der Waals surface area contributed by atoms with E-state index in [2.05, 4.69) is 5.32 Å². The Balaban J connectivity index is 1.69. The van der Waals surface area contributed by atoms with Gasteiger partial charge in [-0.3, -0.25) is 29.4 Å². The summed E-state index contributed by atoms with van der Waals surface area (Å²) in [6, 6.07) is 4.24. The maximum absolute atomic E-state index is 13.1. The molecule has 3 N–H and O–H groups in total. The number of nitrogens with zero attached hydrogens (tertiary/aromatic N) is 2. The van der Waals surface area contributed by atoms with Gasteiger partial charge < -0.3 is 10.6 Å². The fourth-order valence-electron chi connectivity index (χ4n) is 3.99. The van der Waals surface area contributed by atoms with Gasteiger partial charge in [0.15, 0.2) is 0 Å². The maximum Gasteiger partial charge on any atom is 0.264 e. The molecule has 2 saturated heterocycles. The molecule has 0 spiro atoms. The second-order valence-electron chi connectivity index (χ2n) is 7.00. The molecule has 4 amide bonds. The van der Waals surface area contributed by atoms with Crippen molar-refractivity contribution in [2.75, 3.05) is 18.0 Å². The van der Waals surface area contributed by atoms with E-state index < -0.39 is 23.8 Å². The predicted molar refractivity (Wildman–Crippen MR) is 92.5 cm³/mol. The van der Waals surface area contributed by atoms with Gasteiger partial charge in [0.25, 0.3) is 11.8 Å². The van der Waals surface area contributed by atoms with Crippen molar-refractivity contribution in [1.82, 2.24) is 10.2 Å². The number of anilines is 1. The Morgan fingerprint density at radius 2 is 1.88 bits per heavy atom. The van der Waals surface area contributed by atoms with Gasteiger partial charge in [-0.1, -0.05) is 6.07 Å². The Hall–Kier alpha value is -2.74. The number of piperidine rings is 2. The molecule has 8 heteroatoms. The van der Waals surface area contributed by atoms with E-state index in [1.165, 1.54) is 0 Å². The molecular weight excluding hydrogens is 336 g/mol. The fraction of sp³-hybridized carbons (Fsp3) is 0.444. The standard InChI is InChI=1S/C18H20N4O4/c19-10-3-2-8-21(9-10)12-5-1-4-11-15(12)18(26)22(17(11)25)13-6-7-14(23)20-16(13)24/h1,4-5,10,13H,2-3,6-9,19H2,(H,20,23,24)/t10-,13?/m0/s1. The van der Waals surface area contributed by atoms with E-state index in [-0.39, 0.29) is 24.8 Å². The second-order valence-corrected chi connectivity index (χ2v) is 7.00. The summed E-state index contributed by atoms with van der Waals surface area (Å²) in [6.45, 7) is 1.39. The van der Waals surface area contributed by atoms with Crippen LogP contribution >= 0.6 is 0 Å². The Bertz CT molecular complexity index is 821. The van der Waals surface area contributed by atoms with Crippen LogP contribution in [0.15, 0.2) is 18.2 Å². The molecule has 0 bridgehead atoms. The third-order valence-corrected chi connectivity index (χ3v) is 5.24. The van der Waals surface area contributed by atoms with Gasteiger partial charge in [-0.2, -0.15) is 0 Å². The molecule has 4 rings (SSSR count). The normalized spacial score (nSPS) is 26.2. The molecule has 136 valence electrons. The van der Waals surface area contributed by atoms with E-state index in [0.717, 1.165) is 24.3 Å². The summed E-state index contributed by atoms with van der Waals surface area (Å²) in [4.78, 5) is 52.5. The minimum absolute atomic E-state index is 0.0260. The smallest absolute Gasteiger partial charge is 0.264 e. The zero-order chi connectivity index (χ0) is 18.4. The predicted octanol–water partition coefficient (Wildman–Crippen LogP) is 0.0153. The first-order chi connectivity index (χ1) is 12.5. The van der Waals surface area contributed by atoms with Crippen molar-refractivity contribution in [3.63, 3.8) is 0 Å². The maximum atomic E-state index is 13.1. The molecule has 1 unspecified atom stereocenters. The highest BCUT2D eigenvalue weighted by molar-refractivity contribution is 6.25. The molecule has 26 heavy (non-hydrogen) atoms. The summed E-state index contributed by atoms with van der Waals surface area (Å²) in [6.07, 6.45) is 2.11. The number of carbonyl (C=O) groups is 4. The lowest BCUT2D eigenvalue weighted by molar-refractivity contribution is -0.136. The molecule has 0 aromatic heterocycles. The van der Waals surface area contributed by atoms with Crippen molar-refractivity contribution in [3.05, 3.63) is 29.3 Å². The van der Waals surface area contributed by atoms with Crippen LogP contribution in [0.4, 0.5) is 5.69 Å². The summed E-state index contributed by atoms with van der Waals surface area (Å²) in [5.74, 6) is -1.94. The molecule has 8 nitrogen and oxygen atoms in total. The third kappa shape index (κ3) is 2.57. The fourth-order valence-corrected chi connectivity index (χ4v) is 3.99. The van der Waals surface area contributed by atoms with Crippen molar-refractivity contribution < 1.29 is 19.2 Å². The molecule has 3 aliphatic rings. The van der Waals surface area contributed by atoms with Gasteiger partial charge in [0.2, 0.25) is 11.8 Å². The van der Waals surface area contributed by atoms with Gasteiger partial charge in [-0.05, 0) is 31.4 Å². The van der Waals surface area contributed by atoms with E-state index in [1.807, 2.05) is 11.0 Å². The van der Waals surface area contributed by atoms with Gasteiger partial charge in [0, 0.05) is 25.6 Å². The molecular formula is C18H20N4O4. The summed E-state index contributed by atoms with van der Waals surface area (Å²) < 4.78 is 0. The summed E-state index contributed by atoms with van der Waals surface area (Å²) in [7, 11) is 0. The minimum Gasteiger partial charge on any atom is -0.369 e. The largest absolute Gasteiger partial charge is 0.369 e. The number of imide groups is 2. The topological polar surface area (TPSA) is 113 Å². The monoisotopic (exact) mass is 356 g/mol. The molecule has 2 fully saturated rings. The minimum atomic E-state index is -0.948. The van der Waals surface area contributed by atoms with Crippen LogP contribution in [0.25, 0.3) is 0 Å². The first-order valence-electron chi connectivity index (χ1n) is 8.82. The average Bonchev–Trinajstić information content (AvgIpc) is 2.87.